The Morgan fingerprint density at radius 3 is 2.85 bits per heavy atom. The third kappa shape index (κ3) is 1.99. The second-order valence-electron chi connectivity index (χ2n) is 5.30. The molecule has 0 bridgehead atoms. The molecular formula is C15H16N2O3. The average Bonchev–Trinajstić information content (AvgIpc) is 2.98. The maximum atomic E-state index is 5.46. The van der Waals surface area contributed by atoms with E-state index in [1.165, 1.54) is 12.8 Å². The predicted molar refractivity (Wildman–Crippen MR) is 73.1 cm³/mol. The zero-order valence-corrected chi connectivity index (χ0v) is 11.3. The molecule has 0 atom stereocenters. The summed E-state index contributed by atoms with van der Waals surface area (Å²) >= 11 is 0. The Balaban J connectivity index is 1.70. The lowest BCUT2D eigenvalue weighted by atomic mass is 10.1. The Morgan fingerprint density at radius 1 is 1.30 bits per heavy atom. The van der Waals surface area contributed by atoms with Gasteiger partial charge in [-0.3, -0.25) is 4.68 Å². The van der Waals surface area contributed by atoms with Gasteiger partial charge in [-0.1, -0.05) is 0 Å². The molecule has 5 nitrogen and oxygen atoms in total. The number of aromatic nitrogens is 2. The minimum Gasteiger partial charge on any atom is -0.496 e. The molecule has 2 heterocycles. The van der Waals surface area contributed by atoms with Crippen molar-refractivity contribution >= 4 is 0 Å². The molecule has 104 valence electrons. The van der Waals surface area contributed by atoms with Crippen LogP contribution in [-0.4, -0.2) is 23.7 Å². The van der Waals surface area contributed by atoms with Crippen LogP contribution in [0.4, 0.5) is 0 Å². The van der Waals surface area contributed by atoms with E-state index in [0.717, 1.165) is 40.8 Å². The standard InChI is InChI=1S/C15H16N2O3/c1-18-13-5-15-14(19-9-20-15)4-12(13)11-6-16-17(8-11)7-10-2-3-10/h4-6,8,10H,2-3,7,9H2,1H3. The van der Waals surface area contributed by atoms with Gasteiger partial charge in [0.2, 0.25) is 6.79 Å². The summed E-state index contributed by atoms with van der Waals surface area (Å²) in [6.07, 6.45) is 6.59. The Labute approximate surface area is 117 Å². The minimum atomic E-state index is 0.267. The maximum Gasteiger partial charge on any atom is 0.231 e. The van der Waals surface area contributed by atoms with Crippen LogP contribution in [0.5, 0.6) is 17.2 Å². The zero-order valence-electron chi connectivity index (χ0n) is 11.3. The van der Waals surface area contributed by atoms with Crippen molar-refractivity contribution in [2.75, 3.05) is 13.9 Å². The molecule has 2 aliphatic rings. The van der Waals surface area contributed by atoms with Crippen molar-refractivity contribution in [1.82, 2.24) is 9.78 Å². The zero-order chi connectivity index (χ0) is 13.5. The molecule has 5 heteroatoms. The molecule has 1 aromatic heterocycles. The summed E-state index contributed by atoms with van der Waals surface area (Å²) in [5, 5.41) is 4.43. The van der Waals surface area contributed by atoms with Crippen LogP contribution in [0.25, 0.3) is 11.1 Å². The minimum absolute atomic E-state index is 0.267. The van der Waals surface area contributed by atoms with Crippen LogP contribution in [-0.2, 0) is 6.54 Å². The molecule has 0 N–H and O–H groups in total. The van der Waals surface area contributed by atoms with E-state index in [-0.39, 0.29) is 6.79 Å². The van der Waals surface area contributed by atoms with Gasteiger partial charge in [0.1, 0.15) is 5.75 Å². The number of hydrogen-bond donors (Lipinski definition) is 0. The molecule has 1 saturated carbocycles. The molecule has 1 aliphatic heterocycles. The van der Waals surface area contributed by atoms with Crippen molar-refractivity contribution in [3.63, 3.8) is 0 Å². The molecule has 1 aromatic carbocycles. The van der Waals surface area contributed by atoms with Crippen LogP contribution in [0, 0.1) is 5.92 Å². The predicted octanol–water partition coefficient (Wildman–Crippen LogP) is 2.70. The number of methoxy groups -OCH3 is 1. The summed E-state index contributed by atoms with van der Waals surface area (Å²) < 4.78 is 18.3. The second-order valence-corrected chi connectivity index (χ2v) is 5.30. The number of fused-ring (bicyclic) bond motifs is 1. The van der Waals surface area contributed by atoms with Gasteiger partial charge in [-0.05, 0) is 24.8 Å². The molecule has 0 amide bonds. The number of hydrogen-bond acceptors (Lipinski definition) is 4. The van der Waals surface area contributed by atoms with Gasteiger partial charge in [-0.15, -0.1) is 0 Å². The fourth-order valence-corrected chi connectivity index (χ4v) is 2.49. The lowest BCUT2D eigenvalue weighted by Gasteiger charge is -2.08. The normalized spacial score (nSPS) is 16.4. The van der Waals surface area contributed by atoms with Crippen LogP contribution in [0.2, 0.25) is 0 Å². The number of rotatable bonds is 4. The third-order valence-electron chi connectivity index (χ3n) is 3.78. The van der Waals surface area contributed by atoms with Crippen LogP contribution in [0.3, 0.4) is 0 Å². The van der Waals surface area contributed by atoms with E-state index in [9.17, 15) is 0 Å². The van der Waals surface area contributed by atoms with E-state index >= 15 is 0 Å². The summed E-state index contributed by atoms with van der Waals surface area (Å²) in [6, 6.07) is 3.83. The van der Waals surface area contributed by atoms with Crippen LogP contribution >= 0.6 is 0 Å². The highest BCUT2D eigenvalue weighted by atomic mass is 16.7. The van der Waals surface area contributed by atoms with Crippen molar-refractivity contribution < 1.29 is 14.2 Å². The van der Waals surface area contributed by atoms with Crippen LogP contribution < -0.4 is 14.2 Å². The van der Waals surface area contributed by atoms with Gasteiger partial charge in [0.05, 0.1) is 13.3 Å². The lowest BCUT2D eigenvalue weighted by molar-refractivity contribution is 0.174. The Morgan fingerprint density at radius 2 is 2.10 bits per heavy atom. The fourth-order valence-electron chi connectivity index (χ4n) is 2.49. The van der Waals surface area contributed by atoms with Crippen molar-refractivity contribution in [3.05, 3.63) is 24.5 Å². The van der Waals surface area contributed by atoms with Crippen molar-refractivity contribution in [1.29, 1.82) is 0 Å². The van der Waals surface area contributed by atoms with E-state index in [4.69, 9.17) is 14.2 Å². The monoisotopic (exact) mass is 272 g/mol. The van der Waals surface area contributed by atoms with Crippen molar-refractivity contribution in [3.8, 4) is 28.4 Å². The smallest absolute Gasteiger partial charge is 0.231 e. The summed E-state index contributed by atoms with van der Waals surface area (Å²) in [7, 11) is 1.66. The first-order chi connectivity index (χ1) is 9.83. The van der Waals surface area contributed by atoms with Gasteiger partial charge in [0.25, 0.3) is 0 Å². The summed E-state index contributed by atoms with van der Waals surface area (Å²) in [4.78, 5) is 0. The molecule has 1 aliphatic carbocycles. The molecular weight excluding hydrogens is 256 g/mol. The molecule has 4 rings (SSSR count). The van der Waals surface area contributed by atoms with E-state index in [1.54, 1.807) is 7.11 Å². The van der Waals surface area contributed by atoms with Crippen LogP contribution in [0.15, 0.2) is 24.5 Å². The first-order valence-electron chi connectivity index (χ1n) is 6.84. The maximum absolute atomic E-state index is 5.46. The molecule has 0 radical (unpaired) electrons. The largest absolute Gasteiger partial charge is 0.496 e. The molecule has 0 spiro atoms. The molecule has 20 heavy (non-hydrogen) atoms. The number of nitrogens with zero attached hydrogens (tertiary/aromatic N) is 2. The van der Waals surface area contributed by atoms with Gasteiger partial charge in [-0.25, -0.2) is 0 Å². The Kier molecular flexibility index (Phi) is 2.58. The SMILES string of the molecule is COc1cc2c(cc1-c1cnn(CC3CC3)c1)OCO2. The summed E-state index contributed by atoms with van der Waals surface area (Å²) in [6.45, 7) is 1.27. The molecule has 0 saturated heterocycles. The van der Waals surface area contributed by atoms with E-state index in [2.05, 4.69) is 11.3 Å². The Bertz CT molecular complexity index is 647. The molecule has 1 fully saturated rings. The Hall–Kier alpha value is -2.17. The average molecular weight is 272 g/mol. The van der Waals surface area contributed by atoms with E-state index in [0.29, 0.717) is 0 Å². The van der Waals surface area contributed by atoms with E-state index in [1.807, 2.05) is 23.0 Å². The highest BCUT2D eigenvalue weighted by molar-refractivity contribution is 5.73. The summed E-state index contributed by atoms with van der Waals surface area (Å²) in [5.41, 5.74) is 2.03. The number of benzene rings is 1. The first kappa shape index (κ1) is 11.6. The first-order valence-corrected chi connectivity index (χ1v) is 6.84. The van der Waals surface area contributed by atoms with Crippen LogP contribution in [0.1, 0.15) is 12.8 Å². The molecule has 0 unspecified atom stereocenters. The quantitative estimate of drug-likeness (QED) is 0.858. The highest BCUT2D eigenvalue weighted by Gasteiger charge is 2.23. The van der Waals surface area contributed by atoms with Gasteiger partial charge in [0, 0.05) is 29.9 Å². The van der Waals surface area contributed by atoms with Gasteiger partial charge >= 0.3 is 0 Å². The van der Waals surface area contributed by atoms with Gasteiger partial charge in [0.15, 0.2) is 11.5 Å². The van der Waals surface area contributed by atoms with Crippen molar-refractivity contribution in [2.24, 2.45) is 5.92 Å². The van der Waals surface area contributed by atoms with Crippen molar-refractivity contribution in [2.45, 2.75) is 19.4 Å². The lowest BCUT2D eigenvalue weighted by Crippen LogP contribution is -1.99. The highest BCUT2D eigenvalue weighted by Crippen LogP contribution is 2.42. The number of ether oxygens (including phenoxy) is 3. The second kappa shape index (κ2) is 4.44. The summed E-state index contributed by atoms with van der Waals surface area (Å²) in [5.74, 6) is 3.08. The topological polar surface area (TPSA) is 45.5 Å². The fraction of sp³-hybridized carbons (Fsp3) is 0.400. The van der Waals surface area contributed by atoms with Gasteiger partial charge in [-0.2, -0.15) is 5.10 Å². The van der Waals surface area contributed by atoms with Gasteiger partial charge < -0.3 is 14.2 Å². The van der Waals surface area contributed by atoms with E-state index < -0.39 is 0 Å². The molecule has 2 aromatic rings. The third-order valence-corrected chi connectivity index (χ3v) is 3.78.